The molecule has 0 aliphatic rings. The van der Waals surface area contributed by atoms with Crippen LogP contribution >= 0.6 is 0 Å². The van der Waals surface area contributed by atoms with E-state index >= 15 is 0 Å². The van der Waals surface area contributed by atoms with Crippen molar-refractivity contribution in [1.82, 2.24) is 15.3 Å². The van der Waals surface area contributed by atoms with Gasteiger partial charge in [-0.05, 0) is 24.9 Å². The summed E-state index contributed by atoms with van der Waals surface area (Å²) in [6, 6.07) is 1.92. The lowest BCUT2D eigenvalue weighted by atomic mass is 9.88. The molecule has 17 heavy (non-hydrogen) atoms. The first kappa shape index (κ1) is 13.9. The second-order valence-corrected chi connectivity index (χ2v) is 5.16. The normalized spacial score (nSPS) is 11.5. The van der Waals surface area contributed by atoms with E-state index in [1.165, 1.54) is 12.8 Å². The Morgan fingerprint density at radius 1 is 1.35 bits per heavy atom. The second kappa shape index (κ2) is 6.55. The SMILES string of the molecule is CCCC(C)(C)CNc1ccnc(CNC)n1. The monoisotopic (exact) mass is 236 g/mol. The van der Waals surface area contributed by atoms with Crippen molar-refractivity contribution in [3.05, 3.63) is 18.1 Å². The van der Waals surface area contributed by atoms with Crippen LogP contribution in [0.25, 0.3) is 0 Å². The summed E-state index contributed by atoms with van der Waals surface area (Å²) in [5.41, 5.74) is 0.308. The van der Waals surface area contributed by atoms with Gasteiger partial charge in [0.15, 0.2) is 0 Å². The third kappa shape index (κ3) is 5.13. The molecule has 0 unspecified atom stereocenters. The van der Waals surface area contributed by atoms with Gasteiger partial charge in [0.1, 0.15) is 11.6 Å². The van der Waals surface area contributed by atoms with E-state index in [4.69, 9.17) is 0 Å². The Hall–Kier alpha value is -1.16. The first-order chi connectivity index (χ1) is 8.07. The molecule has 1 aromatic rings. The Bertz CT molecular complexity index is 336. The highest BCUT2D eigenvalue weighted by Gasteiger charge is 2.16. The van der Waals surface area contributed by atoms with Crippen molar-refractivity contribution < 1.29 is 0 Å². The zero-order valence-electron chi connectivity index (χ0n) is 11.4. The van der Waals surface area contributed by atoms with E-state index in [9.17, 15) is 0 Å². The summed E-state index contributed by atoms with van der Waals surface area (Å²) in [5.74, 6) is 1.74. The molecule has 0 amide bonds. The molecule has 1 rings (SSSR count). The number of nitrogens with one attached hydrogen (secondary N) is 2. The summed E-state index contributed by atoms with van der Waals surface area (Å²) in [7, 11) is 1.90. The molecule has 0 radical (unpaired) electrons. The third-order valence-corrected chi connectivity index (χ3v) is 2.72. The number of aromatic nitrogens is 2. The summed E-state index contributed by atoms with van der Waals surface area (Å²) < 4.78 is 0. The van der Waals surface area contributed by atoms with E-state index in [1.807, 2.05) is 13.1 Å². The first-order valence-electron chi connectivity index (χ1n) is 6.28. The van der Waals surface area contributed by atoms with E-state index < -0.39 is 0 Å². The fourth-order valence-electron chi connectivity index (χ4n) is 1.84. The molecule has 0 fully saturated rings. The molecule has 0 bridgehead atoms. The van der Waals surface area contributed by atoms with Crippen molar-refractivity contribution in [2.75, 3.05) is 18.9 Å². The molecule has 0 aliphatic carbocycles. The summed E-state index contributed by atoms with van der Waals surface area (Å²) >= 11 is 0. The molecule has 1 aromatic heterocycles. The van der Waals surface area contributed by atoms with E-state index in [0.29, 0.717) is 12.0 Å². The average molecular weight is 236 g/mol. The Kier molecular flexibility index (Phi) is 5.35. The maximum Gasteiger partial charge on any atom is 0.144 e. The molecule has 0 saturated carbocycles. The van der Waals surface area contributed by atoms with E-state index in [0.717, 1.165) is 18.2 Å². The fraction of sp³-hybridized carbons (Fsp3) is 0.692. The van der Waals surface area contributed by atoms with Crippen LogP contribution in [-0.4, -0.2) is 23.6 Å². The number of hydrogen-bond acceptors (Lipinski definition) is 4. The molecular weight excluding hydrogens is 212 g/mol. The predicted molar refractivity (Wildman–Crippen MR) is 72.0 cm³/mol. The minimum Gasteiger partial charge on any atom is -0.369 e. The molecule has 96 valence electrons. The summed E-state index contributed by atoms with van der Waals surface area (Å²) in [5, 5.41) is 6.44. The van der Waals surface area contributed by atoms with Crippen molar-refractivity contribution in [1.29, 1.82) is 0 Å². The van der Waals surface area contributed by atoms with Crippen LogP contribution in [0.2, 0.25) is 0 Å². The second-order valence-electron chi connectivity index (χ2n) is 5.16. The molecule has 0 aliphatic heterocycles. The Labute approximate surface area is 104 Å². The van der Waals surface area contributed by atoms with Crippen LogP contribution in [0.4, 0.5) is 5.82 Å². The maximum absolute atomic E-state index is 4.44. The molecular formula is C13H24N4. The quantitative estimate of drug-likeness (QED) is 0.763. The zero-order valence-corrected chi connectivity index (χ0v) is 11.4. The van der Waals surface area contributed by atoms with Gasteiger partial charge in [0, 0.05) is 12.7 Å². The van der Waals surface area contributed by atoms with E-state index in [-0.39, 0.29) is 0 Å². The third-order valence-electron chi connectivity index (χ3n) is 2.72. The van der Waals surface area contributed by atoms with Gasteiger partial charge in [-0.25, -0.2) is 9.97 Å². The summed E-state index contributed by atoms with van der Waals surface area (Å²) in [6.45, 7) is 8.42. The maximum atomic E-state index is 4.44. The van der Waals surface area contributed by atoms with Gasteiger partial charge in [-0.1, -0.05) is 27.2 Å². The highest BCUT2D eigenvalue weighted by Crippen LogP contribution is 2.22. The topological polar surface area (TPSA) is 49.8 Å². The predicted octanol–water partition coefficient (Wildman–Crippen LogP) is 2.43. The van der Waals surface area contributed by atoms with Crippen LogP contribution in [0.3, 0.4) is 0 Å². The van der Waals surface area contributed by atoms with E-state index in [2.05, 4.69) is 41.4 Å². The molecule has 0 atom stereocenters. The van der Waals surface area contributed by atoms with Crippen molar-refractivity contribution >= 4 is 5.82 Å². The number of hydrogen-bond donors (Lipinski definition) is 2. The summed E-state index contributed by atoms with van der Waals surface area (Å²) in [4.78, 5) is 8.64. The van der Waals surface area contributed by atoms with Gasteiger partial charge in [0.2, 0.25) is 0 Å². The molecule has 1 heterocycles. The van der Waals surface area contributed by atoms with Gasteiger partial charge in [0.25, 0.3) is 0 Å². The lowest BCUT2D eigenvalue weighted by Gasteiger charge is -2.24. The van der Waals surface area contributed by atoms with Gasteiger partial charge in [0.05, 0.1) is 6.54 Å². The number of rotatable bonds is 7. The molecule has 0 saturated heterocycles. The Morgan fingerprint density at radius 2 is 2.12 bits per heavy atom. The van der Waals surface area contributed by atoms with Crippen molar-refractivity contribution in [3.63, 3.8) is 0 Å². The Balaban J connectivity index is 2.53. The number of anilines is 1. The molecule has 0 spiro atoms. The highest BCUT2D eigenvalue weighted by molar-refractivity contribution is 5.33. The van der Waals surface area contributed by atoms with Crippen LogP contribution in [0, 0.1) is 5.41 Å². The first-order valence-corrected chi connectivity index (χ1v) is 6.28. The smallest absolute Gasteiger partial charge is 0.144 e. The molecule has 4 nitrogen and oxygen atoms in total. The van der Waals surface area contributed by atoms with Crippen LogP contribution in [-0.2, 0) is 6.54 Å². The van der Waals surface area contributed by atoms with Crippen molar-refractivity contribution in [3.8, 4) is 0 Å². The van der Waals surface area contributed by atoms with Gasteiger partial charge in [-0.15, -0.1) is 0 Å². The van der Waals surface area contributed by atoms with Gasteiger partial charge >= 0.3 is 0 Å². The Morgan fingerprint density at radius 3 is 2.76 bits per heavy atom. The fourth-order valence-corrected chi connectivity index (χ4v) is 1.84. The summed E-state index contributed by atoms with van der Waals surface area (Å²) in [6.07, 6.45) is 4.23. The molecule has 2 N–H and O–H groups in total. The number of nitrogens with zero attached hydrogens (tertiary/aromatic N) is 2. The van der Waals surface area contributed by atoms with Crippen LogP contribution in [0.5, 0.6) is 0 Å². The average Bonchev–Trinajstić information content (AvgIpc) is 2.28. The minimum absolute atomic E-state index is 0.308. The largest absolute Gasteiger partial charge is 0.369 e. The van der Waals surface area contributed by atoms with Gasteiger partial charge in [-0.3, -0.25) is 0 Å². The molecule has 0 aromatic carbocycles. The van der Waals surface area contributed by atoms with Gasteiger partial charge in [-0.2, -0.15) is 0 Å². The van der Waals surface area contributed by atoms with Crippen molar-refractivity contribution in [2.45, 2.75) is 40.2 Å². The van der Waals surface area contributed by atoms with Gasteiger partial charge < -0.3 is 10.6 Å². The zero-order chi connectivity index (χ0) is 12.7. The van der Waals surface area contributed by atoms with Crippen molar-refractivity contribution in [2.24, 2.45) is 5.41 Å². The minimum atomic E-state index is 0.308. The van der Waals surface area contributed by atoms with Crippen LogP contribution in [0.1, 0.15) is 39.4 Å². The molecule has 4 heteroatoms. The van der Waals surface area contributed by atoms with E-state index in [1.54, 1.807) is 6.20 Å². The highest BCUT2D eigenvalue weighted by atomic mass is 15.0. The lowest BCUT2D eigenvalue weighted by molar-refractivity contribution is 0.354. The van der Waals surface area contributed by atoms with Crippen LogP contribution in [0.15, 0.2) is 12.3 Å². The van der Waals surface area contributed by atoms with Crippen LogP contribution < -0.4 is 10.6 Å². The lowest BCUT2D eigenvalue weighted by Crippen LogP contribution is -2.23. The standard InChI is InChI=1S/C13H24N4/c1-5-7-13(2,3)10-16-11-6-8-15-12(17-11)9-14-4/h6,8,14H,5,7,9-10H2,1-4H3,(H,15,16,17).